The minimum absolute atomic E-state index is 0.236. The van der Waals surface area contributed by atoms with Gasteiger partial charge in [0.15, 0.2) is 11.6 Å². The van der Waals surface area contributed by atoms with Crippen molar-refractivity contribution in [3.8, 4) is 0 Å². The summed E-state index contributed by atoms with van der Waals surface area (Å²) < 4.78 is 13.7. The highest BCUT2D eigenvalue weighted by atomic mass is 32.2. The van der Waals surface area contributed by atoms with Crippen LogP contribution in [-0.4, -0.2) is 33.6 Å². The van der Waals surface area contributed by atoms with Crippen LogP contribution in [0.1, 0.15) is 13.8 Å². The smallest absolute Gasteiger partial charge is 0.239 e. The average Bonchev–Trinajstić information content (AvgIpc) is 2.28. The van der Waals surface area contributed by atoms with Gasteiger partial charge in [0.25, 0.3) is 0 Å². The van der Waals surface area contributed by atoms with E-state index in [-0.39, 0.29) is 5.95 Å². The van der Waals surface area contributed by atoms with Gasteiger partial charge < -0.3 is 4.90 Å². The van der Waals surface area contributed by atoms with E-state index in [2.05, 4.69) is 29.2 Å². The normalized spacial score (nSPS) is 24.8. The van der Waals surface area contributed by atoms with Crippen molar-refractivity contribution < 1.29 is 4.39 Å². The first-order valence-corrected chi connectivity index (χ1v) is 6.44. The van der Waals surface area contributed by atoms with Crippen LogP contribution in [0, 0.1) is 5.82 Å². The predicted octanol–water partition coefficient (Wildman–Crippen LogP) is 1.23. The quantitative estimate of drug-likeness (QED) is 0.613. The third-order valence-electron chi connectivity index (χ3n) is 2.57. The molecule has 2 atom stereocenters. The molecule has 0 radical (unpaired) electrons. The van der Waals surface area contributed by atoms with Crippen LogP contribution in [0.2, 0.25) is 0 Å². The Morgan fingerprint density at radius 3 is 2.71 bits per heavy atom. The monoisotopic (exact) mass is 257 g/mol. The Labute approximate surface area is 104 Å². The average molecular weight is 257 g/mol. The Morgan fingerprint density at radius 2 is 2.12 bits per heavy atom. The minimum Gasteiger partial charge on any atom is -0.352 e. The lowest BCUT2D eigenvalue weighted by Crippen LogP contribution is -2.41. The fourth-order valence-electron chi connectivity index (χ4n) is 2.00. The zero-order chi connectivity index (χ0) is 12.4. The molecule has 1 aromatic rings. The van der Waals surface area contributed by atoms with E-state index in [4.69, 9.17) is 5.84 Å². The zero-order valence-electron chi connectivity index (χ0n) is 9.85. The van der Waals surface area contributed by atoms with E-state index in [1.54, 1.807) is 0 Å². The molecule has 2 heterocycles. The third kappa shape index (κ3) is 2.78. The maximum atomic E-state index is 13.7. The summed E-state index contributed by atoms with van der Waals surface area (Å²) in [5.41, 5.74) is 2.34. The maximum absolute atomic E-state index is 13.7. The number of hydrazine groups is 1. The highest BCUT2D eigenvalue weighted by Gasteiger charge is 2.25. The molecule has 0 bridgehead atoms. The summed E-state index contributed by atoms with van der Waals surface area (Å²) in [7, 11) is 0. The molecule has 0 spiro atoms. The molecule has 2 rings (SSSR count). The number of anilines is 2. The van der Waals surface area contributed by atoms with E-state index in [1.807, 2.05) is 16.7 Å². The van der Waals surface area contributed by atoms with Crippen LogP contribution in [0.3, 0.4) is 0 Å². The molecule has 1 aromatic heterocycles. The maximum Gasteiger partial charge on any atom is 0.239 e. The molecule has 1 saturated heterocycles. The molecule has 3 N–H and O–H groups in total. The molecular formula is C10H16FN5S. The van der Waals surface area contributed by atoms with Gasteiger partial charge in [-0.05, 0) is 0 Å². The van der Waals surface area contributed by atoms with Crippen LogP contribution in [-0.2, 0) is 0 Å². The van der Waals surface area contributed by atoms with E-state index >= 15 is 0 Å². The van der Waals surface area contributed by atoms with Crippen molar-refractivity contribution in [2.45, 2.75) is 24.3 Å². The van der Waals surface area contributed by atoms with Crippen molar-refractivity contribution in [2.75, 3.05) is 23.4 Å². The second-order valence-electron chi connectivity index (χ2n) is 4.17. The Morgan fingerprint density at radius 1 is 1.47 bits per heavy atom. The first-order chi connectivity index (χ1) is 8.10. The molecule has 1 aliphatic heterocycles. The number of rotatable bonds is 2. The number of nitrogens with two attached hydrogens (primary N) is 1. The van der Waals surface area contributed by atoms with Crippen molar-refractivity contribution >= 4 is 23.5 Å². The number of nitrogen functional groups attached to an aromatic ring is 1. The Balaban J connectivity index is 2.26. The van der Waals surface area contributed by atoms with E-state index in [9.17, 15) is 4.39 Å². The summed E-state index contributed by atoms with van der Waals surface area (Å²) in [4.78, 5) is 9.76. The standard InChI is InChI=1S/C10H16FN5S/c1-6-4-16(5-7(2)17-6)9-8(11)3-13-10(14-9)15-12/h3,6-7H,4-5,12H2,1-2H3,(H,13,14,15). The topological polar surface area (TPSA) is 67.1 Å². The van der Waals surface area contributed by atoms with Crippen LogP contribution < -0.4 is 16.2 Å². The number of hydrogen-bond acceptors (Lipinski definition) is 6. The lowest BCUT2D eigenvalue weighted by atomic mass is 10.3. The lowest BCUT2D eigenvalue weighted by Gasteiger charge is -2.35. The fraction of sp³-hybridized carbons (Fsp3) is 0.600. The molecule has 94 valence electrons. The molecule has 0 amide bonds. The van der Waals surface area contributed by atoms with Crippen molar-refractivity contribution in [2.24, 2.45) is 5.84 Å². The summed E-state index contributed by atoms with van der Waals surface area (Å²) in [6.45, 7) is 5.84. The minimum atomic E-state index is -0.407. The number of nitrogens with one attached hydrogen (secondary N) is 1. The van der Waals surface area contributed by atoms with Crippen LogP contribution >= 0.6 is 11.8 Å². The molecule has 5 nitrogen and oxygen atoms in total. The molecule has 0 aliphatic carbocycles. The predicted molar refractivity (Wildman–Crippen MR) is 68.5 cm³/mol. The van der Waals surface area contributed by atoms with Gasteiger partial charge in [0.05, 0.1) is 6.20 Å². The summed E-state index contributed by atoms with van der Waals surface area (Å²) in [5.74, 6) is 5.39. The molecule has 2 unspecified atom stereocenters. The second-order valence-corrected chi connectivity index (χ2v) is 6.05. The van der Waals surface area contributed by atoms with Crippen molar-refractivity contribution in [3.05, 3.63) is 12.0 Å². The number of nitrogens with zero attached hydrogens (tertiary/aromatic N) is 3. The van der Waals surface area contributed by atoms with E-state index in [1.165, 1.54) is 0 Å². The first-order valence-electron chi connectivity index (χ1n) is 5.49. The van der Waals surface area contributed by atoms with Gasteiger partial charge in [-0.15, -0.1) is 0 Å². The zero-order valence-corrected chi connectivity index (χ0v) is 10.7. The van der Waals surface area contributed by atoms with Gasteiger partial charge in [0.1, 0.15) is 0 Å². The number of halogens is 1. The molecule has 1 fully saturated rings. The highest BCUT2D eigenvalue weighted by molar-refractivity contribution is 8.00. The fourth-order valence-corrected chi connectivity index (χ4v) is 3.33. The summed E-state index contributed by atoms with van der Waals surface area (Å²) >= 11 is 1.91. The van der Waals surface area contributed by atoms with Crippen LogP contribution in [0.15, 0.2) is 6.20 Å². The largest absolute Gasteiger partial charge is 0.352 e. The SMILES string of the molecule is CC1CN(c2nc(NN)ncc2F)CC(C)S1. The number of thioether (sulfide) groups is 1. The van der Waals surface area contributed by atoms with E-state index in [0.29, 0.717) is 16.3 Å². The van der Waals surface area contributed by atoms with Crippen molar-refractivity contribution in [1.82, 2.24) is 9.97 Å². The summed E-state index contributed by atoms with van der Waals surface area (Å²) in [6, 6.07) is 0. The molecule has 0 saturated carbocycles. The van der Waals surface area contributed by atoms with Gasteiger partial charge in [-0.3, -0.25) is 5.43 Å². The Kier molecular flexibility index (Phi) is 3.68. The summed E-state index contributed by atoms with van der Waals surface area (Å²) in [6.07, 6.45) is 1.15. The summed E-state index contributed by atoms with van der Waals surface area (Å²) in [5, 5.41) is 0.921. The Hall–Kier alpha value is -1.08. The van der Waals surface area contributed by atoms with Gasteiger partial charge >= 0.3 is 0 Å². The van der Waals surface area contributed by atoms with Gasteiger partial charge in [0.2, 0.25) is 5.95 Å². The lowest BCUT2D eigenvalue weighted by molar-refractivity contribution is 0.596. The molecule has 0 aromatic carbocycles. The van der Waals surface area contributed by atoms with Crippen LogP contribution in [0.5, 0.6) is 0 Å². The third-order valence-corrected chi connectivity index (χ3v) is 3.80. The first kappa shape index (κ1) is 12.4. The van der Waals surface area contributed by atoms with E-state index < -0.39 is 5.82 Å². The van der Waals surface area contributed by atoms with Gasteiger partial charge in [-0.25, -0.2) is 15.2 Å². The second kappa shape index (κ2) is 5.05. The van der Waals surface area contributed by atoms with Crippen LogP contribution in [0.4, 0.5) is 16.2 Å². The molecule has 7 heteroatoms. The molecular weight excluding hydrogens is 241 g/mol. The van der Waals surface area contributed by atoms with Gasteiger partial charge in [-0.1, -0.05) is 13.8 Å². The number of hydrogen-bond donors (Lipinski definition) is 2. The van der Waals surface area contributed by atoms with Gasteiger partial charge in [-0.2, -0.15) is 16.7 Å². The highest BCUT2D eigenvalue weighted by Crippen LogP contribution is 2.28. The van der Waals surface area contributed by atoms with Crippen LogP contribution in [0.25, 0.3) is 0 Å². The number of aromatic nitrogens is 2. The van der Waals surface area contributed by atoms with E-state index in [0.717, 1.165) is 19.3 Å². The molecule has 1 aliphatic rings. The van der Waals surface area contributed by atoms with Gasteiger partial charge in [0, 0.05) is 23.6 Å². The van der Waals surface area contributed by atoms with Crippen molar-refractivity contribution in [3.63, 3.8) is 0 Å². The van der Waals surface area contributed by atoms with Crippen molar-refractivity contribution in [1.29, 1.82) is 0 Å². The molecule has 17 heavy (non-hydrogen) atoms. The Bertz CT molecular complexity index is 392.